The number of pyridine rings is 1. The fourth-order valence-electron chi connectivity index (χ4n) is 1.04. The van der Waals surface area contributed by atoms with Crippen LogP contribution in [0.25, 0.3) is 0 Å². The van der Waals surface area contributed by atoms with E-state index in [-0.39, 0.29) is 16.8 Å². The van der Waals surface area contributed by atoms with Crippen molar-refractivity contribution < 1.29 is 13.5 Å². The van der Waals surface area contributed by atoms with Crippen molar-refractivity contribution in [1.29, 1.82) is 0 Å². The van der Waals surface area contributed by atoms with Crippen molar-refractivity contribution in [3.8, 4) is 5.88 Å². The summed E-state index contributed by atoms with van der Waals surface area (Å²) in [5.74, 6) is -0.185. The molecule has 0 aliphatic carbocycles. The molecule has 0 spiro atoms. The molecule has 6 heteroatoms. The Labute approximate surface area is 87.2 Å². The van der Waals surface area contributed by atoms with Gasteiger partial charge < -0.3 is 9.72 Å². The van der Waals surface area contributed by atoms with Crippen molar-refractivity contribution in [3.05, 3.63) is 27.5 Å². The molecule has 0 amide bonds. The summed E-state index contributed by atoms with van der Waals surface area (Å²) in [6.07, 6.45) is -1.49. The Bertz CT molecular complexity index is 378. The standard InChI is InChI=1S/C8H8BrF2NO2/c1-14-8-5(7(10)11)6(13)4(2-9)3-12-8/h3,7H,2H2,1H3,(H,12,13). The molecule has 1 aromatic heterocycles. The largest absolute Gasteiger partial charge is 0.482 e. The van der Waals surface area contributed by atoms with Gasteiger partial charge in [-0.25, -0.2) is 8.78 Å². The van der Waals surface area contributed by atoms with Gasteiger partial charge in [0.05, 0.1) is 7.11 Å². The molecule has 0 radical (unpaired) electrons. The smallest absolute Gasteiger partial charge is 0.272 e. The van der Waals surface area contributed by atoms with Gasteiger partial charge in [0.25, 0.3) is 6.43 Å². The van der Waals surface area contributed by atoms with Gasteiger partial charge in [-0.15, -0.1) is 0 Å². The van der Waals surface area contributed by atoms with E-state index in [1.165, 1.54) is 13.3 Å². The first kappa shape index (κ1) is 11.2. The minimum Gasteiger partial charge on any atom is -0.482 e. The molecular weight excluding hydrogens is 260 g/mol. The molecule has 0 unspecified atom stereocenters. The third-order valence-corrected chi connectivity index (χ3v) is 2.33. The lowest BCUT2D eigenvalue weighted by atomic mass is 10.2. The van der Waals surface area contributed by atoms with E-state index >= 15 is 0 Å². The van der Waals surface area contributed by atoms with Crippen molar-refractivity contribution in [2.24, 2.45) is 0 Å². The minimum absolute atomic E-state index is 0.185. The third kappa shape index (κ3) is 1.95. The molecule has 0 aliphatic rings. The highest BCUT2D eigenvalue weighted by Gasteiger charge is 2.20. The molecule has 1 N–H and O–H groups in total. The SMILES string of the molecule is COc1[nH]cc(CBr)c(=O)c1C(F)F. The fourth-order valence-corrected chi connectivity index (χ4v) is 1.45. The molecule has 1 heterocycles. The molecule has 14 heavy (non-hydrogen) atoms. The maximum atomic E-state index is 12.5. The number of aromatic nitrogens is 1. The zero-order valence-corrected chi connectivity index (χ0v) is 8.90. The number of rotatable bonds is 3. The summed E-state index contributed by atoms with van der Waals surface area (Å²) in [7, 11) is 1.23. The molecular formula is C8H8BrF2NO2. The molecule has 0 fully saturated rings. The number of alkyl halides is 3. The number of H-pyrrole nitrogens is 1. The zero-order chi connectivity index (χ0) is 10.7. The maximum absolute atomic E-state index is 12.5. The summed E-state index contributed by atoms with van der Waals surface area (Å²) >= 11 is 3.03. The number of ether oxygens (including phenoxy) is 1. The lowest BCUT2D eigenvalue weighted by Gasteiger charge is -2.07. The summed E-state index contributed by atoms with van der Waals surface area (Å²) in [6, 6.07) is 0. The van der Waals surface area contributed by atoms with Crippen LogP contribution >= 0.6 is 15.9 Å². The van der Waals surface area contributed by atoms with Crippen molar-refractivity contribution in [2.45, 2.75) is 11.8 Å². The molecule has 0 saturated carbocycles. The molecule has 1 aromatic rings. The normalized spacial score (nSPS) is 10.6. The molecule has 0 aromatic carbocycles. The van der Waals surface area contributed by atoms with Crippen molar-refractivity contribution in [2.75, 3.05) is 7.11 Å². The Balaban J connectivity index is 3.39. The van der Waals surface area contributed by atoms with Crippen LogP contribution in [0.5, 0.6) is 5.88 Å². The Morgan fingerprint density at radius 3 is 2.71 bits per heavy atom. The first-order chi connectivity index (χ1) is 6.61. The Kier molecular flexibility index (Phi) is 3.62. The lowest BCUT2D eigenvalue weighted by molar-refractivity contribution is 0.144. The van der Waals surface area contributed by atoms with E-state index in [2.05, 4.69) is 25.7 Å². The summed E-state index contributed by atoms with van der Waals surface area (Å²) in [6.45, 7) is 0. The number of hydrogen-bond acceptors (Lipinski definition) is 2. The third-order valence-electron chi connectivity index (χ3n) is 1.72. The second-order valence-corrected chi connectivity index (χ2v) is 3.09. The molecule has 0 bridgehead atoms. The van der Waals surface area contributed by atoms with Crippen LogP contribution in [-0.4, -0.2) is 12.1 Å². The van der Waals surface area contributed by atoms with Crippen LogP contribution in [0.4, 0.5) is 8.78 Å². The van der Waals surface area contributed by atoms with Crippen LogP contribution in [0, 0.1) is 0 Å². The predicted octanol–water partition coefficient (Wildman–Crippen LogP) is 2.22. The first-order valence-electron chi connectivity index (χ1n) is 3.74. The van der Waals surface area contributed by atoms with Gasteiger partial charge in [-0.3, -0.25) is 4.79 Å². The van der Waals surface area contributed by atoms with Crippen molar-refractivity contribution >= 4 is 15.9 Å². The van der Waals surface area contributed by atoms with Crippen LogP contribution in [0.2, 0.25) is 0 Å². The summed E-state index contributed by atoms with van der Waals surface area (Å²) in [5, 5.41) is 0.228. The van der Waals surface area contributed by atoms with E-state index < -0.39 is 17.4 Å². The Morgan fingerprint density at radius 2 is 2.29 bits per heavy atom. The van der Waals surface area contributed by atoms with Gasteiger partial charge in [0.15, 0.2) is 5.43 Å². The summed E-state index contributed by atoms with van der Waals surface area (Å²) in [5.41, 5.74) is -1.06. The average molecular weight is 268 g/mol. The van der Waals surface area contributed by atoms with E-state index in [4.69, 9.17) is 0 Å². The van der Waals surface area contributed by atoms with E-state index in [1.54, 1.807) is 0 Å². The number of methoxy groups -OCH3 is 1. The van der Waals surface area contributed by atoms with Gasteiger partial charge in [0, 0.05) is 17.1 Å². The monoisotopic (exact) mass is 267 g/mol. The van der Waals surface area contributed by atoms with E-state index in [0.29, 0.717) is 0 Å². The molecule has 0 aliphatic heterocycles. The summed E-state index contributed by atoms with van der Waals surface area (Å²) in [4.78, 5) is 13.9. The quantitative estimate of drug-likeness (QED) is 0.854. The molecule has 78 valence electrons. The Morgan fingerprint density at radius 1 is 1.64 bits per heavy atom. The van der Waals surface area contributed by atoms with E-state index in [9.17, 15) is 13.6 Å². The molecule has 0 saturated heterocycles. The van der Waals surface area contributed by atoms with E-state index in [0.717, 1.165) is 0 Å². The van der Waals surface area contributed by atoms with Gasteiger partial charge in [0.1, 0.15) is 5.56 Å². The van der Waals surface area contributed by atoms with E-state index in [1.807, 2.05) is 0 Å². The fraction of sp³-hybridized carbons (Fsp3) is 0.375. The number of nitrogens with one attached hydrogen (secondary N) is 1. The highest BCUT2D eigenvalue weighted by molar-refractivity contribution is 9.08. The van der Waals surface area contributed by atoms with Crippen LogP contribution in [0.3, 0.4) is 0 Å². The van der Waals surface area contributed by atoms with Gasteiger partial charge in [0.2, 0.25) is 5.88 Å². The average Bonchev–Trinajstić information content (AvgIpc) is 2.16. The maximum Gasteiger partial charge on any atom is 0.272 e. The van der Waals surface area contributed by atoms with Gasteiger partial charge >= 0.3 is 0 Å². The predicted molar refractivity (Wildman–Crippen MR) is 51.2 cm³/mol. The zero-order valence-electron chi connectivity index (χ0n) is 7.31. The van der Waals surface area contributed by atoms with Crippen LogP contribution in [0.1, 0.15) is 17.6 Å². The van der Waals surface area contributed by atoms with Crippen LogP contribution in [-0.2, 0) is 5.33 Å². The lowest BCUT2D eigenvalue weighted by Crippen LogP contribution is -2.16. The molecule has 3 nitrogen and oxygen atoms in total. The summed E-state index contributed by atoms with van der Waals surface area (Å²) < 4.78 is 29.6. The number of halogens is 3. The van der Waals surface area contributed by atoms with Gasteiger partial charge in [-0.1, -0.05) is 15.9 Å². The van der Waals surface area contributed by atoms with Crippen molar-refractivity contribution in [1.82, 2.24) is 4.98 Å². The second-order valence-electron chi connectivity index (χ2n) is 2.52. The molecule has 1 rings (SSSR count). The highest BCUT2D eigenvalue weighted by Crippen LogP contribution is 2.23. The van der Waals surface area contributed by atoms with Gasteiger partial charge in [-0.2, -0.15) is 0 Å². The first-order valence-corrected chi connectivity index (χ1v) is 4.86. The van der Waals surface area contributed by atoms with Crippen LogP contribution in [0.15, 0.2) is 11.0 Å². The highest BCUT2D eigenvalue weighted by atomic mass is 79.9. The van der Waals surface area contributed by atoms with Gasteiger partial charge in [-0.05, 0) is 0 Å². The molecule has 0 atom stereocenters. The van der Waals surface area contributed by atoms with Crippen LogP contribution < -0.4 is 10.2 Å². The van der Waals surface area contributed by atoms with Crippen molar-refractivity contribution in [3.63, 3.8) is 0 Å². The second kappa shape index (κ2) is 4.54. The Hall–Kier alpha value is -0.910. The topological polar surface area (TPSA) is 42.1 Å². The number of hydrogen-bond donors (Lipinski definition) is 1. The number of aromatic amines is 1. The minimum atomic E-state index is -2.84.